The number of rotatable bonds is 3. The Morgan fingerprint density at radius 1 is 1.40 bits per heavy atom. The molecule has 6 heteroatoms. The lowest BCUT2D eigenvalue weighted by atomic mass is 10.1. The van der Waals surface area contributed by atoms with Gasteiger partial charge in [-0.15, -0.1) is 0 Å². The predicted molar refractivity (Wildman–Crippen MR) is 74.3 cm³/mol. The van der Waals surface area contributed by atoms with E-state index in [9.17, 15) is 13.2 Å². The maximum absolute atomic E-state index is 11.8. The van der Waals surface area contributed by atoms with Gasteiger partial charge in [-0.1, -0.05) is 0 Å². The highest BCUT2D eigenvalue weighted by atomic mass is 32.2. The van der Waals surface area contributed by atoms with Crippen LogP contribution in [0.3, 0.4) is 0 Å². The van der Waals surface area contributed by atoms with Crippen LogP contribution in [0, 0.1) is 0 Å². The lowest BCUT2D eigenvalue weighted by molar-refractivity contribution is -0.138. The molecule has 0 amide bonds. The largest absolute Gasteiger partial charge is 0.493 e. The highest BCUT2D eigenvalue weighted by Gasteiger charge is 2.18. The van der Waals surface area contributed by atoms with Crippen LogP contribution in [0.1, 0.15) is 18.9 Å². The summed E-state index contributed by atoms with van der Waals surface area (Å²) in [7, 11) is -3.30. The number of fused-ring (bicyclic) bond motifs is 1. The second-order valence-corrected chi connectivity index (χ2v) is 6.48. The van der Waals surface area contributed by atoms with Crippen LogP contribution in [0.4, 0.5) is 0 Å². The fourth-order valence-electron chi connectivity index (χ4n) is 1.92. The van der Waals surface area contributed by atoms with Crippen LogP contribution in [0.2, 0.25) is 0 Å². The van der Waals surface area contributed by atoms with Crippen molar-refractivity contribution in [3.05, 3.63) is 29.3 Å². The smallest absolute Gasteiger partial charge is 0.334 e. The van der Waals surface area contributed by atoms with Crippen LogP contribution >= 0.6 is 0 Å². The van der Waals surface area contributed by atoms with Crippen LogP contribution in [-0.4, -0.2) is 33.9 Å². The molecule has 108 valence electrons. The van der Waals surface area contributed by atoms with E-state index in [1.165, 1.54) is 12.1 Å². The van der Waals surface area contributed by atoms with E-state index in [0.717, 1.165) is 6.26 Å². The van der Waals surface area contributed by atoms with Gasteiger partial charge in [0, 0.05) is 23.8 Å². The lowest BCUT2D eigenvalue weighted by Gasteiger charge is -2.07. The van der Waals surface area contributed by atoms with Gasteiger partial charge in [0.15, 0.2) is 9.84 Å². The molecule has 5 nitrogen and oxygen atoms in total. The number of hydrogen-bond donors (Lipinski definition) is 0. The normalized spacial score (nSPS) is 14.6. The fourth-order valence-corrected chi connectivity index (χ4v) is 2.57. The molecule has 0 bridgehead atoms. The highest BCUT2D eigenvalue weighted by Crippen LogP contribution is 2.28. The monoisotopic (exact) mass is 296 g/mol. The number of ether oxygens (including phenoxy) is 2. The van der Waals surface area contributed by atoms with Crippen molar-refractivity contribution >= 4 is 21.9 Å². The SMILES string of the molecule is CCOC(=O)C1=Cc2cc(S(C)(=O)=O)ccc2OCC1. The molecule has 0 aromatic heterocycles. The van der Waals surface area contributed by atoms with Crippen molar-refractivity contribution in [1.29, 1.82) is 0 Å². The number of hydrogen-bond acceptors (Lipinski definition) is 5. The summed E-state index contributed by atoms with van der Waals surface area (Å²) in [6, 6.07) is 4.61. The van der Waals surface area contributed by atoms with Crippen molar-refractivity contribution in [2.45, 2.75) is 18.2 Å². The molecule has 1 heterocycles. The Labute approximate surface area is 118 Å². The summed E-state index contributed by atoms with van der Waals surface area (Å²) in [5.74, 6) is 0.172. The van der Waals surface area contributed by atoms with E-state index < -0.39 is 15.8 Å². The molecule has 1 aliphatic heterocycles. The molecule has 0 radical (unpaired) electrons. The van der Waals surface area contributed by atoms with E-state index in [0.29, 0.717) is 36.5 Å². The topological polar surface area (TPSA) is 69.7 Å². The van der Waals surface area contributed by atoms with Crippen molar-refractivity contribution in [3.63, 3.8) is 0 Å². The van der Waals surface area contributed by atoms with Crippen molar-refractivity contribution in [2.24, 2.45) is 0 Å². The molecular formula is C14H16O5S. The quantitative estimate of drug-likeness (QED) is 0.796. The van der Waals surface area contributed by atoms with Crippen LogP contribution in [0.15, 0.2) is 28.7 Å². The third-order valence-electron chi connectivity index (χ3n) is 2.91. The summed E-state index contributed by atoms with van der Waals surface area (Å²) < 4.78 is 33.6. The minimum atomic E-state index is -3.30. The number of esters is 1. The molecule has 1 aromatic rings. The van der Waals surface area contributed by atoms with E-state index in [4.69, 9.17) is 9.47 Å². The van der Waals surface area contributed by atoms with E-state index >= 15 is 0 Å². The Bertz CT molecular complexity index is 658. The molecule has 0 unspecified atom stereocenters. The Hall–Kier alpha value is -1.82. The highest BCUT2D eigenvalue weighted by molar-refractivity contribution is 7.90. The molecule has 20 heavy (non-hydrogen) atoms. The first-order chi connectivity index (χ1) is 9.41. The molecule has 2 rings (SSSR count). The average molecular weight is 296 g/mol. The zero-order chi connectivity index (χ0) is 14.8. The average Bonchev–Trinajstić information content (AvgIpc) is 2.59. The standard InChI is InChI=1S/C14H16O5S/c1-3-18-14(15)10-6-7-19-13-5-4-12(20(2,16)17)9-11(13)8-10/h4-5,8-9H,3,6-7H2,1-2H3. The predicted octanol–water partition coefficient (Wildman–Crippen LogP) is 1.82. The molecule has 1 aromatic carbocycles. The summed E-state index contributed by atoms with van der Waals surface area (Å²) in [6.45, 7) is 2.39. The van der Waals surface area contributed by atoms with Gasteiger partial charge >= 0.3 is 5.97 Å². The first-order valence-corrected chi connectivity index (χ1v) is 8.15. The second kappa shape index (κ2) is 5.66. The molecule has 0 N–H and O–H groups in total. The Morgan fingerprint density at radius 2 is 2.15 bits per heavy atom. The Morgan fingerprint density at radius 3 is 2.80 bits per heavy atom. The van der Waals surface area contributed by atoms with Crippen molar-refractivity contribution in [2.75, 3.05) is 19.5 Å². The van der Waals surface area contributed by atoms with Crippen LogP contribution < -0.4 is 4.74 Å². The summed E-state index contributed by atoms with van der Waals surface area (Å²) >= 11 is 0. The Balaban J connectivity index is 2.45. The molecule has 0 spiro atoms. The van der Waals surface area contributed by atoms with Crippen LogP contribution in [-0.2, 0) is 19.4 Å². The van der Waals surface area contributed by atoms with Crippen LogP contribution in [0.25, 0.3) is 6.08 Å². The van der Waals surface area contributed by atoms with Gasteiger partial charge in [-0.2, -0.15) is 0 Å². The van der Waals surface area contributed by atoms with Gasteiger partial charge in [0.2, 0.25) is 0 Å². The molecular weight excluding hydrogens is 280 g/mol. The number of benzene rings is 1. The number of carbonyl (C=O) groups is 1. The second-order valence-electron chi connectivity index (χ2n) is 4.46. The van der Waals surface area contributed by atoms with Crippen molar-refractivity contribution in [1.82, 2.24) is 0 Å². The first-order valence-electron chi connectivity index (χ1n) is 6.26. The minimum Gasteiger partial charge on any atom is -0.493 e. The molecule has 1 aliphatic rings. The van der Waals surface area contributed by atoms with Gasteiger partial charge in [-0.3, -0.25) is 0 Å². The number of carbonyl (C=O) groups excluding carboxylic acids is 1. The molecule has 0 saturated carbocycles. The van der Waals surface area contributed by atoms with Gasteiger partial charge in [0.1, 0.15) is 5.75 Å². The summed E-state index contributed by atoms with van der Waals surface area (Å²) in [6.07, 6.45) is 3.21. The molecule has 0 saturated heterocycles. The van der Waals surface area contributed by atoms with Gasteiger partial charge in [-0.05, 0) is 31.2 Å². The first kappa shape index (κ1) is 14.6. The van der Waals surface area contributed by atoms with E-state index in [1.54, 1.807) is 19.1 Å². The Kier molecular flexibility index (Phi) is 4.13. The molecule has 0 atom stereocenters. The van der Waals surface area contributed by atoms with Gasteiger partial charge < -0.3 is 9.47 Å². The summed E-state index contributed by atoms with van der Waals surface area (Å²) in [5, 5.41) is 0. The molecule has 0 fully saturated rings. The molecule has 0 aliphatic carbocycles. The van der Waals surface area contributed by atoms with E-state index in [-0.39, 0.29) is 4.90 Å². The fraction of sp³-hybridized carbons (Fsp3) is 0.357. The van der Waals surface area contributed by atoms with Gasteiger partial charge in [0.05, 0.1) is 18.1 Å². The van der Waals surface area contributed by atoms with Crippen LogP contribution in [0.5, 0.6) is 5.75 Å². The van der Waals surface area contributed by atoms with Gasteiger partial charge in [0.25, 0.3) is 0 Å². The van der Waals surface area contributed by atoms with E-state index in [1.807, 2.05) is 0 Å². The summed E-state index contributed by atoms with van der Waals surface area (Å²) in [4.78, 5) is 12.0. The summed E-state index contributed by atoms with van der Waals surface area (Å²) in [5.41, 5.74) is 1.06. The van der Waals surface area contributed by atoms with Crippen molar-refractivity contribution < 1.29 is 22.7 Å². The third kappa shape index (κ3) is 3.19. The zero-order valence-electron chi connectivity index (χ0n) is 11.4. The van der Waals surface area contributed by atoms with E-state index in [2.05, 4.69) is 0 Å². The third-order valence-corrected chi connectivity index (χ3v) is 4.02. The van der Waals surface area contributed by atoms with Gasteiger partial charge in [-0.25, -0.2) is 13.2 Å². The zero-order valence-corrected chi connectivity index (χ0v) is 12.2. The maximum atomic E-state index is 11.8. The van der Waals surface area contributed by atoms with Crippen molar-refractivity contribution in [3.8, 4) is 5.75 Å². The lowest BCUT2D eigenvalue weighted by Crippen LogP contribution is -2.09. The minimum absolute atomic E-state index is 0.196. The number of sulfone groups is 1. The maximum Gasteiger partial charge on any atom is 0.334 e.